The number of aryl methyl sites for hydroxylation is 1. The van der Waals surface area contributed by atoms with E-state index in [-0.39, 0.29) is 11.9 Å². The molecule has 1 amide bonds. The van der Waals surface area contributed by atoms with Crippen LogP contribution < -0.4 is 10.6 Å². The van der Waals surface area contributed by atoms with Crippen LogP contribution in [-0.4, -0.2) is 84.3 Å². The fourth-order valence-corrected chi connectivity index (χ4v) is 3.36. The van der Waals surface area contributed by atoms with Gasteiger partial charge in [0, 0.05) is 59.2 Å². The second kappa shape index (κ2) is 11.6. The SMILES string of the molecule is CCNC(=NCCCn1cccn1)NCCCN1CCCC1C(=O)N(C)C. The van der Waals surface area contributed by atoms with Crippen LogP contribution in [0.1, 0.15) is 32.6 Å². The Balaban J connectivity index is 1.67. The Morgan fingerprint density at radius 2 is 2.15 bits per heavy atom. The predicted octanol–water partition coefficient (Wildman–Crippen LogP) is 0.771. The molecule has 1 saturated heterocycles. The monoisotopic (exact) mass is 377 g/mol. The molecule has 1 aromatic heterocycles. The van der Waals surface area contributed by atoms with Crippen LogP contribution in [0.5, 0.6) is 0 Å². The van der Waals surface area contributed by atoms with Crippen LogP contribution in [0.25, 0.3) is 0 Å². The first-order valence-electron chi connectivity index (χ1n) is 10.1. The molecule has 8 nitrogen and oxygen atoms in total. The topological polar surface area (TPSA) is 77.8 Å². The Kier molecular flexibility index (Phi) is 9.10. The first kappa shape index (κ1) is 21.2. The molecule has 152 valence electrons. The molecule has 2 N–H and O–H groups in total. The standard InChI is InChI=1S/C19H35N7O/c1-4-20-19(22-11-7-15-26-16-8-12-23-26)21-10-6-14-25-13-5-9-17(25)18(27)24(2)3/h8,12,16-17H,4-7,9-11,13-15H2,1-3H3,(H2,20,21,22). The lowest BCUT2D eigenvalue weighted by Gasteiger charge is -2.26. The first-order chi connectivity index (χ1) is 13.1. The molecule has 0 radical (unpaired) electrons. The summed E-state index contributed by atoms with van der Waals surface area (Å²) in [7, 11) is 3.68. The van der Waals surface area contributed by atoms with Crippen LogP contribution in [0.3, 0.4) is 0 Å². The van der Waals surface area contributed by atoms with Gasteiger partial charge in [0.2, 0.25) is 5.91 Å². The van der Waals surface area contributed by atoms with E-state index in [2.05, 4.69) is 32.5 Å². The summed E-state index contributed by atoms with van der Waals surface area (Å²) in [6.45, 7) is 7.37. The maximum atomic E-state index is 12.2. The van der Waals surface area contributed by atoms with Gasteiger partial charge in [0.15, 0.2) is 5.96 Å². The minimum atomic E-state index is 0.0594. The molecule has 1 aromatic rings. The smallest absolute Gasteiger partial charge is 0.239 e. The third kappa shape index (κ3) is 7.21. The van der Waals surface area contributed by atoms with Crippen molar-refractivity contribution in [1.29, 1.82) is 0 Å². The van der Waals surface area contributed by atoms with Crippen LogP contribution >= 0.6 is 0 Å². The number of nitrogens with zero attached hydrogens (tertiary/aromatic N) is 5. The van der Waals surface area contributed by atoms with E-state index in [1.807, 2.05) is 31.0 Å². The van der Waals surface area contributed by atoms with Gasteiger partial charge in [-0.1, -0.05) is 0 Å². The summed E-state index contributed by atoms with van der Waals surface area (Å²) in [5.74, 6) is 1.09. The van der Waals surface area contributed by atoms with E-state index in [9.17, 15) is 4.79 Å². The fraction of sp³-hybridized carbons (Fsp3) is 0.737. The zero-order valence-electron chi connectivity index (χ0n) is 17.0. The molecule has 27 heavy (non-hydrogen) atoms. The highest BCUT2D eigenvalue weighted by Gasteiger charge is 2.30. The summed E-state index contributed by atoms with van der Waals surface area (Å²) in [5, 5.41) is 10.9. The number of hydrogen-bond donors (Lipinski definition) is 2. The second-order valence-corrected chi connectivity index (χ2v) is 7.09. The Labute approximate surface area is 163 Å². The summed E-state index contributed by atoms with van der Waals surface area (Å²) in [4.78, 5) is 20.9. The highest BCUT2D eigenvalue weighted by Crippen LogP contribution is 2.18. The quantitative estimate of drug-likeness (QED) is 0.358. The average molecular weight is 378 g/mol. The minimum absolute atomic E-state index is 0.0594. The van der Waals surface area contributed by atoms with E-state index in [0.29, 0.717) is 0 Å². The first-order valence-corrected chi connectivity index (χ1v) is 10.1. The molecule has 1 aliphatic heterocycles. The van der Waals surface area contributed by atoms with Crippen molar-refractivity contribution in [2.24, 2.45) is 4.99 Å². The number of guanidine groups is 1. The molecule has 1 unspecified atom stereocenters. The normalized spacial score (nSPS) is 17.9. The molecule has 1 aliphatic rings. The van der Waals surface area contributed by atoms with Gasteiger partial charge in [-0.3, -0.25) is 19.4 Å². The molecular formula is C19H35N7O. The third-order valence-electron chi connectivity index (χ3n) is 4.72. The molecular weight excluding hydrogens is 342 g/mol. The van der Waals surface area contributed by atoms with Crippen molar-refractivity contribution in [3.8, 4) is 0 Å². The highest BCUT2D eigenvalue weighted by atomic mass is 16.2. The van der Waals surface area contributed by atoms with Gasteiger partial charge in [-0.05, 0) is 45.2 Å². The number of carbonyl (C=O) groups is 1. The number of carbonyl (C=O) groups excluding carboxylic acids is 1. The Hall–Kier alpha value is -2.09. The number of aliphatic imine (C=N–C) groups is 1. The molecule has 1 atom stereocenters. The molecule has 1 fully saturated rings. The van der Waals surface area contributed by atoms with E-state index in [0.717, 1.165) is 70.9 Å². The Morgan fingerprint density at radius 3 is 2.85 bits per heavy atom. The summed E-state index contributed by atoms with van der Waals surface area (Å²) in [6, 6.07) is 2.00. The van der Waals surface area contributed by atoms with Crippen molar-refractivity contribution in [3.63, 3.8) is 0 Å². The van der Waals surface area contributed by atoms with E-state index in [1.54, 1.807) is 11.1 Å². The molecule has 2 heterocycles. The summed E-state index contributed by atoms with van der Waals surface area (Å²) >= 11 is 0. The summed E-state index contributed by atoms with van der Waals surface area (Å²) < 4.78 is 1.93. The van der Waals surface area contributed by atoms with Gasteiger partial charge < -0.3 is 15.5 Å². The van der Waals surface area contributed by atoms with Crippen molar-refractivity contribution in [2.45, 2.75) is 45.2 Å². The number of amides is 1. The fourth-order valence-electron chi connectivity index (χ4n) is 3.36. The molecule has 0 aromatic carbocycles. The van der Waals surface area contributed by atoms with Gasteiger partial charge in [-0.25, -0.2) is 0 Å². The molecule has 0 saturated carbocycles. The molecule has 8 heteroatoms. The molecule has 2 rings (SSSR count). The minimum Gasteiger partial charge on any atom is -0.357 e. The number of nitrogens with one attached hydrogen (secondary N) is 2. The lowest BCUT2D eigenvalue weighted by atomic mass is 10.2. The third-order valence-corrected chi connectivity index (χ3v) is 4.72. The zero-order chi connectivity index (χ0) is 19.5. The van der Waals surface area contributed by atoms with Crippen LogP contribution in [0, 0.1) is 0 Å². The summed E-state index contributed by atoms with van der Waals surface area (Å²) in [5.41, 5.74) is 0. The van der Waals surface area contributed by atoms with Crippen molar-refractivity contribution in [1.82, 2.24) is 30.2 Å². The lowest BCUT2D eigenvalue weighted by molar-refractivity contribution is -0.133. The van der Waals surface area contributed by atoms with Crippen molar-refractivity contribution in [3.05, 3.63) is 18.5 Å². The van der Waals surface area contributed by atoms with Gasteiger partial charge in [0.25, 0.3) is 0 Å². The van der Waals surface area contributed by atoms with Gasteiger partial charge >= 0.3 is 0 Å². The summed E-state index contributed by atoms with van der Waals surface area (Å²) in [6.07, 6.45) is 7.81. The van der Waals surface area contributed by atoms with Gasteiger partial charge in [0.05, 0.1) is 6.04 Å². The number of hydrogen-bond acceptors (Lipinski definition) is 4. The number of aromatic nitrogens is 2. The Bertz CT molecular complexity index is 571. The van der Waals surface area contributed by atoms with Gasteiger partial charge in [-0.15, -0.1) is 0 Å². The zero-order valence-corrected chi connectivity index (χ0v) is 17.0. The maximum Gasteiger partial charge on any atom is 0.239 e. The lowest BCUT2D eigenvalue weighted by Crippen LogP contribution is -2.44. The highest BCUT2D eigenvalue weighted by molar-refractivity contribution is 5.81. The van der Waals surface area contributed by atoms with Gasteiger partial charge in [0.1, 0.15) is 0 Å². The molecule has 0 spiro atoms. The van der Waals surface area contributed by atoms with Crippen molar-refractivity contribution in [2.75, 3.05) is 46.8 Å². The van der Waals surface area contributed by atoms with Crippen LogP contribution in [0.4, 0.5) is 0 Å². The van der Waals surface area contributed by atoms with Crippen molar-refractivity contribution < 1.29 is 4.79 Å². The van der Waals surface area contributed by atoms with E-state index in [4.69, 9.17) is 0 Å². The van der Waals surface area contributed by atoms with E-state index in [1.165, 1.54) is 0 Å². The average Bonchev–Trinajstić information content (AvgIpc) is 3.33. The largest absolute Gasteiger partial charge is 0.357 e. The maximum absolute atomic E-state index is 12.2. The van der Waals surface area contributed by atoms with Crippen molar-refractivity contribution >= 4 is 11.9 Å². The van der Waals surface area contributed by atoms with Gasteiger partial charge in [-0.2, -0.15) is 5.10 Å². The predicted molar refractivity (Wildman–Crippen MR) is 109 cm³/mol. The van der Waals surface area contributed by atoms with E-state index < -0.39 is 0 Å². The van der Waals surface area contributed by atoms with Crippen LogP contribution in [0.15, 0.2) is 23.5 Å². The Morgan fingerprint density at radius 1 is 1.30 bits per heavy atom. The molecule has 0 aliphatic carbocycles. The van der Waals surface area contributed by atoms with Crippen LogP contribution in [-0.2, 0) is 11.3 Å². The van der Waals surface area contributed by atoms with E-state index >= 15 is 0 Å². The molecule has 0 bridgehead atoms. The second-order valence-electron chi connectivity index (χ2n) is 7.09. The van der Waals surface area contributed by atoms with Crippen LogP contribution in [0.2, 0.25) is 0 Å². The number of likely N-dealkylation sites (tertiary alicyclic amines) is 1. The number of likely N-dealkylation sites (N-methyl/N-ethyl adjacent to an activating group) is 1. The number of rotatable bonds is 10.